The van der Waals surface area contributed by atoms with E-state index in [2.05, 4.69) is 15.3 Å². The van der Waals surface area contributed by atoms with Crippen LogP contribution in [0.25, 0.3) is 0 Å². The van der Waals surface area contributed by atoms with Crippen molar-refractivity contribution in [2.24, 2.45) is 5.73 Å². The van der Waals surface area contributed by atoms with Crippen LogP contribution in [-0.2, 0) is 12.8 Å². The molecule has 0 saturated heterocycles. The van der Waals surface area contributed by atoms with E-state index in [-0.39, 0.29) is 5.69 Å². The normalized spacial score (nSPS) is 13.3. The fourth-order valence-electron chi connectivity index (χ4n) is 2.05. The Labute approximate surface area is 113 Å². The summed E-state index contributed by atoms with van der Waals surface area (Å²) in [6.07, 6.45) is 3.28. The lowest BCUT2D eigenvalue weighted by molar-refractivity contribution is 0.0996. The molecule has 2 aromatic rings. The van der Waals surface area contributed by atoms with Gasteiger partial charge in [0.1, 0.15) is 5.69 Å². The molecule has 5 N–H and O–H groups in total. The zero-order chi connectivity index (χ0) is 13.4. The molecular formula is C12H13N5OS. The van der Waals surface area contributed by atoms with E-state index in [1.807, 2.05) is 0 Å². The van der Waals surface area contributed by atoms with Crippen molar-refractivity contribution in [2.75, 3.05) is 11.1 Å². The van der Waals surface area contributed by atoms with E-state index in [1.165, 1.54) is 17.4 Å². The topological polar surface area (TPSA) is 107 Å². The summed E-state index contributed by atoms with van der Waals surface area (Å²) < 4.78 is 0. The van der Waals surface area contributed by atoms with Crippen LogP contribution in [0.4, 0.5) is 16.6 Å². The van der Waals surface area contributed by atoms with Crippen molar-refractivity contribution in [3.05, 3.63) is 28.4 Å². The van der Waals surface area contributed by atoms with Crippen molar-refractivity contribution in [3.8, 4) is 0 Å². The second-order valence-electron chi connectivity index (χ2n) is 4.37. The number of amides is 1. The molecule has 0 bridgehead atoms. The van der Waals surface area contributed by atoms with Gasteiger partial charge in [-0.15, -0.1) is 11.3 Å². The number of aryl methyl sites for hydroxylation is 2. The van der Waals surface area contributed by atoms with E-state index in [0.29, 0.717) is 11.5 Å². The van der Waals surface area contributed by atoms with Crippen molar-refractivity contribution >= 4 is 33.9 Å². The second-order valence-corrected chi connectivity index (χ2v) is 5.45. The van der Waals surface area contributed by atoms with Crippen molar-refractivity contribution < 1.29 is 4.79 Å². The summed E-state index contributed by atoms with van der Waals surface area (Å²) in [7, 11) is 0. The minimum Gasteiger partial charge on any atom is -0.396 e. The molecule has 7 heteroatoms. The van der Waals surface area contributed by atoms with Crippen LogP contribution in [0.1, 0.15) is 27.5 Å². The van der Waals surface area contributed by atoms with Crippen LogP contribution in [0.5, 0.6) is 0 Å². The van der Waals surface area contributed by atoms with Crippen molar-refractivity contribution in [2.45, 2.75) is 19.3 Å². The van der Waals surface area contributed by atoms with E-state index in [9.17, 15) is 4.79 Å². The van der Waals surface area contributed by atoms with Crippen molar-refractivity contribution in [3.63, 3.8) is 0 Å². The van der Waals surface area contributed by atoms with E-state index in [1.54, 1.807) is 17.4 Å². The fourth-order valence-corrected chi connectivity index (χ4v) is 3.10. The van der Waals surface area contributed by atoms with Gasteiger partial charge in [0, 0.05) is 4.88 Å². The zero-order valence-electron chi connectivity index (χ0n) is 10.1. The molecule has 0 aliphatic heterocycles. The Morgan fingerprint density at radius 3 is 2.89 bits per heavy atom. The first kappa shape index (κ1) is 11.9. The molecule has 1 aliphatic carbocycles. The minimum atomic E-state index is -0.579. The average Bonchev–Trinajstić information content (AvgIpc) is 2.92. The van der Waals surface area contributed by atoms with Crippen LogP contribution in [0.3, 0.4) is 0 Å². The summed E-state index contributed by atoms with van der Waals surface area (Å²) in [5.41, 5.74) is 12.8. The first-order valence-electron chi connectivity index (χ1n) is 5.95. The largest absolute Gasteiger partial charge is 0.396 e. The van der Waals surface area contributed by atoms with Crippen LogP contribution >= 0.6 is 11.3 Å². The number of nitrogens with zero attached hydrogens (tertiary/aromatic N) is 2. The number of nitrogens with one attached hydrogen (secondary N) is 1. The number of anilines is 3. The van der Waals surface area contributed by atoms with Crippen LogP contribution in [0, 0.1) is 0 Å². The molecule has 6 nitrogen and oxygen atoms in total. The van der Waals surface area contributed by atoms with E-state index in [4.69, 9.17) is 11.5 Å². The van der Waals surface area contributed by atoms with Crippen LogP contribution in [-0.4, -0.2) is 15.9 Å². The highest BCUT2D eigenvalue weighted by Gasteiger charge is 2.17. The fraction of sp³-hybridized carbons (Fsp3) is 0.250. The third kappa shape index (κ3) is 2.24. The predicted molar refractivity (Wildman–Crippen MR) is 74.6 cm³/mol. The number of nitrogens with two attached hydrogens (primary N) is 2. The molecule has 1 amide bonds. The van der Waals surface area contributed by atoms with Gasteiger partial charge in [-0.25, -0.2) is 9.97 Å². The maximum absolute atomic E-state index is 11.1. The number of nitrogen functional groups attached to an aromatic ring is 1. The van der Waals surface area contributed by atoms with Crippen molar-refractivity contribution in [1.82, 2.24) is 9.97 Å². The monoisotopic (exact) mass is 275 g/mol. The lowest BCUT2D eigenvalue weighted by Gasteiger charge is -2.06. The molecule has 0 radical (unpaired) electrons. The van der Waals surface area contributed by atoms with Crippen LogP contribution in [0.15, 0.2) is 12.1 Å². The number of primary amides is 1. The first-order chi connectivity index (χ1) is 9.13. The molecule has 0 saturated carbocycles. The maximum Gasteiger partial charge on any atom is 0.267 e. The van der Waals surface area contributed by atoms with Gasteiger partial charge < -0.3 is 16.8 Å². The van der Waals surface area contributed by atoms with E-state index >= 15 is 0 Å². The number of hydrogen-bond acceptors (Lipinski definition) is 6. The number of pyridine rings is 1. The number of carbonyl (C=O) groups excluding carboxylic acids is 1. The highest BCUT2D eigenvalue weighted by Crippen LogP contribution is 2.32. The SMILES string of the molecule is NC(=O)c1ccc(N)c(Nc2nc3c(s2)CCC3)n1. The molecule has 98 valence electrons. The molecule has 0 fully saturated rings. The molecule has 2 aromatic heterocycles. The van der Waals surface area contributed by atoms with Gasteiger partial charge in [0.15, 0.2) is 10.9 Å². The number of aromatic nitrogens is 2. The number of rotatable bonds is 3. The summed E-state index contributed by atoms with van der Waals surface area (Å²) in [5, 5.41) is 3.82. The Balaban J connectivity index is 1.89. The predicted octanol–water partition coefficient (Wildman–Crippen LogP) is 1.45. The lowest BCUT2D eigenvalue weighted by atomic mass is 10.3. The van der Waals surface area contributed by atoms with Gasteiger partial charge in [0.25, 0.3) is 5.91 Å². The van der Waals surface area contributed by atoms with E-state index < -0.39 is 5.91 Å². The third-order valence-corrected chi connectivity index (χ3v) is 4.07. The van der Waals surface area contributed by atoms with Gasteiger partial charge in [0.05, 0.1) is 11.4 Å². The maximum atomic E-state index is 11.1. The summed E-state index contributed by atoms with van der Waals surface area (Å²) >= 11 is 1.61. The number of carbonyl (C=O) groups is 1. The molecule has 0 spiro atoms. The molecule has 1 aliphatic rings. The molecule has 0 unspecified atom stereocenters. The van der Waals surface area contributed by atoms with Gasteiger partial charge in [-0.05, 0) is 31.4 Å². The Morgan fingerprint density at radius 1 is 1.32 bits per heavy atom. The lowest BCUT2D eigenvalue weighted by Crippen LogP contribution is -2.14. The molecular weight excluding hydrogens is 262 g/mol. The standard InChI is InChI=1S/C12H13N5OS/c13-6-4-5-8(10(14)18)15-11(6)17-12-16-7-2-1-3-9(7)19-12/h4-5H,1-3,13H2,(H2,14,18)(H,15,16,17). The number of hydrogen-bond donors (Lipinski definition) is 3. The van der Waals surface area contributed by atoms with Gasteiger partial charge >= 0.3 is 0 Å². The summed E-state index contributed by atoms with van der Waals surface area (Å²) in [5.74, 6) is -0.159. The van der Waals surface area contributed by atoms with Gasteiger partial charge in [-0.3, -0.25) is 4.79 Å². The Bertz CT molecular complexity index is 630. The van der Waals surface area contributed by atoms with Crippen molar-refractivity contribution in [1.29, 1.82) is 0 Å². The van der Waals surface area contributed by atoms with E-state index in [0.717, 1.165) is 23.7 Å². The van der Waals surface area contributed by atoms with Gasteiger partial charge in [-0.2, -0.15) is 0 Å². The molecule has 19 heavy (non-hydrogen) atoms. The second kappa shape index (κ2) is 4.51. The summed E-state index contributed by atoms with van der Waals surface area (Å²) in [6.45, 7) is 0. The zero-order valence-corrected chi connectivity index (χ0v) is 11.0. The van der Waals surface area contributed by atoms with Crippen LogP contribution in [0.2, 0.25) is 0 Å². The average molecular weight is 275 g/mol. The third-order valence-electron chi connectivity index (χ3n) is 3.00. The number of fused-ring (bicyclic) bond motifs is 1. The number of thiazole rings is 1. The highest BCUT2D eigenvalue weighted by atomic mass is 32.1. The Kier molecular flexibility index (Phi) is 2.83. The summed E-state index contributed by atoms with van der Waals surface area (Å²) in [6, 6.07) is 3.11. The Hall–Kier alpha value is -2.15. The summed E-state index contributed by atoms with van der Waals surface area (Å²) in [4.78, 5) is 21.0. The first-order valence-corrected chi connectivity index (χ1v) is 6.77. The molecule has 3 rings (SSSR count). The smallest absolute Gasteiger partial charge is 0.267 e. The van der Waals surface area contributed by atoms with Crippen LogP contribution < -0.4 is 16.8 Å². The molecule has 2 heterocycles. The minimum absolute atomic E-state index is 0.181. The quantitative estimate of drug-likeness (QED) is 0.786. The van der Waals surface area contributed by atoms with Gasteiger partial charge in [0.2, 0.25) is 0 Å². The molecule has 0 atom stereocenters. The molecule has 0 aromatic carbocycles. The van der Waals surface area contributed by atoms with Gasteiger partial charge in [-0.1, -0.05) is 0 Å². The highest BCUT2D eigenvalue weighted by molar-refractivity contribution is 7.15. The Morgan fingerprint density at radius 2 is 2.16 bits per heavy atom.